The third kappa shape index (κ3) is 3.54. The summed E-state index contributed by atoms with van der Waals surface area (Å²) < 4.78 is 0. The van der Waals surface area contributed by atoms with Crippen molar-refractivity contribution < 1.29 is 19.8 Å². The molecule has 0 saturated heterocycles. The number of hydrogen-bond donors (Lipinski definition) is 4. The maximum atomic E-state index is 12.1. The highest BCUT2D eigenvalue weighted by atomic mass is 16.4. The number of nitrogens with one attached hydrogen (secondary N) is 2. The van der Waals surface area contributed by atoms with Crippen LogP contribution in [0.15, 0.2) is 10.9 Å². The molecule has 0 radical (unpaired) electrons. The Morgan fingerprint density at radius 2 is 2.00 bits per heavy atom. The molecular weight excluding hydrogens is 288 g/mol. The van der Waals surface area contributed by atoms with E-state index in [1.807, 2.05) is 0 Å². The zero-order valence-corrected chi connectivity index (χ0v) is 12.4. The summed E-state index contributed by atoms with van der Waals surface area (Å²) in [7, 11) is 0. The van der Waals surface area contributed by atoms with Crippen LogP contribution in [0.1, 0.15) is 47.8 Å². The summed E-state index contributed by atoms with van der Waals surface area (Å²) in [4.78, 5) is 37.6. The van der Waals surface area contributed by atoms with Gasteiger partial charge in [0.1, 0.15) is 5.56 Å². The van der Waals surface area contributed by atoms with E-state index >= 15 is 0 Å². The van der Waals surface area contributed by atoms with Gasteiger partial charge in [-0.3, -0.25) is 9.59 Å². The van der Waals surface area contributed by atoms with Crippen LogP contribution in [0.2, 0.25) is 0 Å². The van der Waals surface area contributed by atoms with Gasteiger partial charge in [0, 0.05) is 5.69 Å². The van der Waals surface area contributed by atoms with Gasteiger partial charge in [0.25, 0.3) is 11.5 Å². The van der Waals surface area contributed by atoms with Crippen LogP contribution in [0.25, 0.3) is 0 Å². The summed E-state index contributed by atoms with van der Waals surface area (Å²) in [5.41, 5.74) is -0.799. The van der Waals surface area contributed by atoms with Crippen molar-refractivity contribution in [2.45, 2.75) is 44.6 Å². The van der Waals surface area contributed by atoms with Gasteiger partial charge in [0.15, 0.2) is 5.60 Å². The first-order valence-corrected chi connectivity index (χ1v) is 7.30. The Kier molecular flexibility index (Phi) is 4.65. The van der Waals surface area contributed by atoms with Crippen LogP contribution < -0.4 is 10.9 Å². The van der Waals surface area contributed by atoms with E-state index in [0.717, 1.165) is 50.3 Å². The summed E-state index contributed by atoms with van der Waals surface area (Å²) in [5.74, 6) is -2.13. The lowest BCUT2D eigenvalue weighted by Crippen LogP contribution is -2.47. The van der Waals surface area contributed by atoms with Crippen molar-refractivity contribution >= 4 is 11.9 Å². The molecule has 1 aliphatic carbocycles. The smallest absolute Gasteiger partial charge is 0.337 e. The van der Waals surface area contributed by atoms with Crippen LogP contribution in [-0.2, 0) is 17.6 Å². The van der Waals surface area contributed by atoms with Gasteiger partial charge in [0.05, 0.1) is 6.54 Å². The third-order valence-electron chi connectivity index (χ3n) is 3.89. The largest absolute Gasteiger partial charge is 0.479 e. The molecule has 1 unspecified atom stereocenters. The highest BCUT2D eigenvalue weighted by molar-refractivity contribution is 5.94. The summed E-state index contributed by atoms with van der Waals surface area (Å²) in [6.07, 6.45) is 4.70. The standard InChI is InChI=1S/C15H20N2O5/c1-15(22,14(20)21)8-16-12(18)10-7-9-5-3-2-4-6-11(9)17-13(10)19/h7,22H,2-6,8H2,1H3,(H,16,18)(H,17,19)(H,20,21). The molecular formula is C15H20N2O5. The second-order valence-corrected chi connectivity index (χ2v) is 5.84. The third-order valence-corrected chi connectivity index (χ3v) is 3.89. The Balaban J connectivity index is 2.18. The lowest BCUT2D eigenvalue weighted by Gasteiger charge is -2.18. The first-order valence-electron chi connectivity index (χ1n) is 7.30. The van der Waals surface area contributed by atoms with Gasteiger partial charge in [0.2, 0.25) is 0 Å². The van der Waals surface area contributed by atoms with Crippen LogP contribution in [0, 0.1) is 0 Å². The number of aromatic nitrogens is 1. The zero-order chi connectivity index (χ0) is 16.3. The minimum atomic E-state index is -2.08. The quantitative estimate of drug-likeness (QED) is 0.593. The van der Waals surface area contributed by atoms with Crippen LogP contribution >= 0.6 is 0 Å². The number of carbonyl (C=O) groups excluding carboxylic acids is 1. The number of amides is 1. The molecule has 120 valence electrons. The number of rotatable bonds is 4. The topological polar surface area (TPSA) is 119 Å². The van der Waals surface area contributed by atoms with E-state index in [-0.39, 0.29) is 5.56 Å². The van der Waals surface area contributed by atoms with E-state index < -0.39 is 29.6 Å². The van der Waals surface area contributed by atoms with Crippen LogP contribution in [0.5, 0.6) is 0 Å². The van der Waals surface area contributed by atoms with Gasteiger partial charge >= 0.3 is 5.97 Å². The van der Waals surface area contributed by atoms with E-state index in [9.17, 15) is 19.5 Å². The molecule has 1 heterocycles. The lowest BCUT2D eigenvalue weighted by atomic mass is 10.0. The van der Waals surface area contributed by atoms with Crippen molar-refractivity contribution in [2.24, 2.45) is 0 Å². The average molecular weight is 308 g/mol. The predicted molar refractivity (Wildman–Crippen MR) is 78.9 cm³/mol. The zero-order valence-electron chi connectivity index (χ0n) is 12.4. The number of carbonyl (C=O) groups is 2. The molecule has 7 heteroatoms. The number of aliphatic hydroxyl groups is 1. The van der Waals surface area contributed by atoms with Crippen molar-refractivity contribution in [3.63, 3.8) is 0 Å². The maximum absolute atomic E-state index is 12.1. The average Bonchev–Trinajstić information content (AvgIpc) is 2.68. The Hall–Kier alpha value is -2.15. The van der Waals surface area contributed by atoms with E-state index in [2.05, 4.69) is 10.3 Å². The fourth-order valence-electron chi connectivity index (χ4n) is 2.44. The maximum Gasteiger partial charge on any atom is 0.337 e. The van der Waals surface area contributed by atoms with Crippen LogP contribution in [0.4, 0.5) is 0 Å². The second-order valence-electron chi connectivity index (χ2n) is 5.84. The Morgan fingerprint density at radius 3 is 2.68 bits per heavy atom. The molecule has 0 bridgehead atoms. The highest BCUT2D eigenvalue weighted by Crippen LogP contribution is 2.18. The molecule has 0 saturated carbocycles. The number of fused-ring (bicyclic) bond motifs is 1. The number of aryl methyl sites for hydroxylation is 2. The number of aromatic amines is 1. The number of H-pyrrole nitrogens is 1. The first kappa shape index (κ1) is 16.2. The Labute approximate surface area is 127 Å². The minimum absolute atomic E-state index is 0.0539. The minimum Gasteiger partial charge on any atom is -0.479 e. The highest BCUT2D eigenvalue weighted by Gasteiger charge is 2.30. The van der Waals surface area contributed by atoms with Crippen molar-refractivity contribution in [1.29, 1.82) is 0 Å². The van der Waals surface area contributed by atoms with E-state index in [1.54, 1.807) is 6.07 Å². The number of pyridine rings is 1. The molecule has 1 amide bonds. The van der Waals surface area contributed by atoms with Crippen molar-refractivity contribution in [3.8, 4) is 0 Å². The molecule has 7 nitrogen and oxygen atoms in total. The van der Waals surface area contributed by atoms with Crippen LogP contribution in [0.3, 0.4) is 0 Å². The molecule has 0 spiro atoms. The van der Waals surface area contributed by atoms with Gasteiger partial charge in [-0.25, -0.2) is 4.79 Å². The van der Waals surface area contributed by atoms with E-state index in [1.165, 1.54) is 0 Å². The molecule has 1 aromatic rings. The number of carboxylic acids is 1. The number of aliphatic carboxylic acids is 1. The van der Waals surface area contributed by atoms with Gasteiger partial charge in [-0.1, -0.05) is 6.42 Å². The molecule has 2 rings (SSSR count). The van der Waals surface area contributed by atoms with Gasteiger partial charge < -0.3 is 20.5 Å². The van der Waals surface area contributed by atoms with E-state index in [0.29, 0.717) is 0 Å². The fourth-order valence-corrected chi connectivity index (χ4v) is 2.44. The van der Waals surface area contributed by atoms with Gasteiger partial charge in [-0.15, -0.1) is 0 Å². The SMILES string of the molecule is CC(O)(CNC(=O)c1cc2c([nH]c1=O)CCCCC2)C(=O)O. The Bertz CT molecular complexity index is 648. The fraction of sp³-hybridized carbons (Fsp3) is 0.533. The number of carboxylic acid groups (broad SMARTS) is 1. The normalized spacial score (nSPS) is 17.0. The van der Waals surface area contributed by atoms with Gasteiger partial charge in [-0.2, -0.15) is 0 Å². The molecule has 22 heavy (non-hydrogen) atoms. The van der Waals surface area contributed by atoms with Crippen molar-refractivity contribution in [2.75, 3.05) is 6.54 Å². The molecule has 4 N–H and O–H groups in total. The molecule has 0 fully saturated rings. The van der Waals surface area contributed by atoms with Crippen molar-refractivity contribution in [3.05, 3.63) is 33.2 Å². The molecule has 1 atom stereocenters. The summed E-state index contributed by atoms with van der Waals surface area (Å²) in [5, 5.41) is 20.7. The number of hydrogen-bond acceptors (Lipinski definition) is 4. The molecule has 1 aromatic heterocycles. The molecule has 0 aliphatic heterocycles. The summed E-state index contributed by atoms with van der Waals surface area (Å²) >= 11 is 0. The predicted octanol–water partition coefficient (Wildman–Crippen LogP) is 0.209. The monoisotopic (exact) mass is 308 g/mol. The second kappa shape index (κ2) is 6.31. The lowest BCUT2D eigenvalue weighted by molar-refractivity contribution is -0.155. The van der Waals surface area contributed by atoms with Crippen LogP contribution in [-0.4, -0.2) is 39.2 Å². The summed E-state index contributed by atoms with van der Waals surface area (Å²) in [6.45, 7) is 0.606. The van der Waals surface area contributed by atoms with Gasteiger partial charge in [-0.05, 0) is 44.2 Å². The van der Waals surface area contributed by atoms with Crippen molar-refractivity contribution in [1.82, 2.24) is 10.3 Å². The first-order chi connectivity index (χ1) is 10.3. The van der Waals surface area contributed by atoms with E-state index in [4.69, 9.17) is 5.11 Å². The Morgan fingerprint density at radius 1 is 1.32 bits per heavy atom. The molecule has 1 aliphatic rings. The summed E-state index contributed by atoms with van der Waals surface area (Å²) in [6, 6.07) is 1.57. The molecule has 0 aromatic carbocycles.